The van der Waals surface area contributed by atoms with Crippen molar-refractivity contribution in [2.24, 2.45) is 5.73 Å². The molecule has 17 heavy (non-hydrogen) atoms. The lowest BCUT2D eigenvalue weighted by atomic mass is 9.56. The molecule has 1 fully saturated rings. The van der Waals surface area contributed by atoms with Crippen molar-refractivity contribution in [2.45, 2.75) is 56.8 Å². The lowest BCUT2D eigenvalue weighted by Crippen LogP contribution is -2.39. The smallest absolute Gasteiger partial charge is 0.00439 e. The number of hydrogen-bond acceptors (Lipinski definition) is 1. The van der Waals surface area contributed by atoms with Gasteiger partial charge in [-0.3, -0.25) is 0 Å². The van der Waals surface area contributed by atoms with E-state index in [1.165, 1.54) is 37.7 Å². The minimum absolute atomic E-state index is 0.564. The largest absolute Gasteiger partial charge is 0.330 e. The maximum atomic E-state index is 5.77. The minimum atomic E-state index is 0.564. The van der Waals surface area contributed by atoms with Gasteiger partial charge in [-0.15, -0.1) is 0 Å². The van der Waals surface area contributed by atoms with Gasteiger partial charge in [0.25, 0.3) is 0 Å². The molecule has 1 nitrogen and oxygen atoms in total. The molecule has 0 radical (unpaired) electrons. The molecule has 0 bridgehead atoms. The van der Waals surface area contributed by atoms with Gasteiger partial charge in [0.05, 0.1) is 0 Å². The molecule has 3 rings (SSSR count). The normalized spacial score (nSPS) is 25.4. The minimum Gasteiger partial charge on any atom is -0.330 e. The van der Waals surface area contributed by atoms with Crippen molar-refractivity contribution in [2.75, 3.05) is 6.54 Å². The van der Waals surface area contributed by atoms with E-state index in [-0.39, 0.29) is 0 Å². The fourth-order valence-corrected chi connectivity index (χ4v) is 3.87. The van der Waals surface area contributed by atoms with Gasteiger partial charge in [0.1, 0.15) is 0 Å². The molecular weight excluding hydrogens is 206 g/mol. The van der Waals surface area contributed by atoms with Crippen LogP contribution >= 0.6 is 0 Å². The van der Waals surface area contributed by atoms with Gasteiger partial charge in [-0.05, 0) is 68.0 Å². The second kappa shape index (κ2) is 4.13. The molecule has 1 heteroatoms. The molecule has 0 aliphatic heterocycles. The van der Waals surface area contributed by atoms with Crippen LogP contribution in [0, 0.1) is 6.92 Å². The van der Waals surface area contributed by atoms with Gasteiger partial charge in [-0.2, -0.15) is 0 Å². The van der Waals surface area contributed by atoms with E-state index in [0.29, 0.717) is 5.41 Å². The first-order chi connectivity index (χ1) is 8.25. The maximum Gasteiger partial charge on any atom is -0.00439 e. The molecule has 2 aliphatic carbocycles. The first-order valence-electron chi connectivity index (χ1n) is 7.06. The molecule has 0 aromatic heterocycles. The van der Waals surface area contributed by atoms with E-state index in [9.17, 15) is 0 Å². The second-order valence-electron chi connectivity index (χ2n) is 6.04. The van der Waals surface area contributed by atoms with Crippen molar-refractivity contribution in [1.82, 2.24) is 0 Å². The maximum absolute atomic E-state index is 5.77. The van der Waals surface area contributed by atoms with Crippen molar-refractivity contribution in [3.63, 3.8) is 0 Å². The molecule has 0 amide bonds. The molecule has 0 saturated heterocycles. The van der Waals surface area contributed by atoms with Crippen LogP contribution in [0.3, 0.4) is 0 Å². The Kier molecular flexibility index (Phi) is 2.74. The molecule has 92 valence electrons. The zero-order chi connectivity index (χ0) is 11.9. The summed E-state index contributed by atoms with van der Waals surface area (Å²) in [4.78, 5) is 0. The van der Waals surface area contributed by atoms with Gasteiger partial charge in [-0.1, -0.05) is 30.2 Å². The zero-order valence-electron chi connectivity index (χ0n) is 10.8. The van der Waals surface area contributed by atoms with Crippen LogP contribution in [0.4, 0.5) is 0 Å². The Hall–Kier alpha value is -0.820. The van der Waals surface area contributed by atoms with E-state index in [0.717, 1.165) is 18.9 Å². The van der Waals surface area contributed by atoms with Crippen LogP contribution < -0.4 is 5.73 Å². The van der Waals surface area contributed by atoms with Gasteiger partial charge >= 0.3 is 0 Å². The molecule has 1 unspecified atom stereocenters. The van der Waals surface area contributed by atoms with E-state index in [4.69, 9.17) is 5.73 Å². The van der Waals surface area contributed by atoms with Crippen LogP contribution in [0.15, 0.2) is 18.2 Å². The van der Waals surface area contributed by atoms with E-state index < -0.39 is 0 Å². The topological polar surface area (TPSA) is 26.0 Å². The molecule has 2 N–H and O–H groups in total. The summed E-state index contributed by atoms with van der Waals surface area (Å²) in [5.74, 6) is 0.723. The Morgan fingerprint density at radius 1 is 1.29 bits per heavy atom. The fourth-order valence-electron chi connectivity index (χ4n) is 3.87. The Balaban J connectivity index is 2.03. The van der Waals surface area contributed by atoms with E-state index in [1.807, 2.05) is 0 Å². The van der Waals surface area contributed by atoms with Crippen molar-refractivity contribution in [3.05, 3.63) is 34.9 Å². The molecule has 1 atom stereocenters. The molecule has 0 heterocycles. The SMILES string of the molecule is Cc1ccc2c(c1)C(CCN)CCC21CCC1. The standard InChI is InChI=1S/C16H23N/c1-12-3-4-15-14(11-12)13(6-10-17)5-9-16(15)7-2-8-16/h3-4,11,13H,2,5-10,17H2,1H3. The molecule has 1 spiro atoms. The van der Waals surface area contributed by atoms with Gasteiger partial charge in [0, 0.05) is 0 Å². The summed E-state index contributed by atoms with van der Waals surface area (Å²) in [6, 6.07) is 7.13. The van der Waals surface area contributed by atoms with Crippen molar-refractivity contribution < 1.29 is 0 Å². The van der Waals surface area contributed by atoms with Crippen LogP contribution in [0.1, 0.15) is 61.1 Å². The van der Waals surface area contributed by atoms with E-state index >= 15 is 0 Å². The monoisotopic (exact) mass is 229 g/mol. The molecule has 2 aliphatic rings. The number of hydrogen-bond donors (Lipinski definition) is 1. The van der Waals surface area contributed by atoms with Crippen LogP contribution in [0.5, 0.6) is 0 Å². The van der Waals surface area contributed by atoms with Crippen LogP contribution in [-0.2, 0) is 5.41 Å². The molecule has 1 aromatic carbocycles. The molecule has 1 aromatic rings. The number of benzene rings is 1. The van der Waals surface area contributed by atoms with Crippen molar-refractivity contribution in [3.8, 4) is 0 Å². The Morgan fingerprint density at radius 3 is 2.76 bits per heavy atom. The van der Waals surface area contributed by atoms with Crippen LogP contribution in [-0.4, -0.2) is 6.54 Å². The first-order valence-corrected chi connectivity index (χ1v) is 7.06. The summed E-state index contributed by atoms with van der Waals surface area (Å²) < 4.78 is 0. The highest BCUT2D eigenvalue weighted by Gasteiger charge is 2.43. The molecular formula is C16H23N. The predicted octanol–water partition coefficient (Wildman–Crippen LogP) is 3.64. The summed E-state index contributed by atoms with van der Waals surface area (Å²) in [5.41, 5.74) is 11.0. The average molecular weight is 229 g/mol. The van der Waals surface area contributed by atoms with Crippen molar-refractivity contribution >= 4 is 0 Å². The summed E-state index contributed by atoms with van der Waals surface area (Å²) >= 11 is 0. The fraction of sp³-hybridized carbons (Fsp3) is 0.625. The summed E-state index contributed by atoms with van der Waals surface area (Å²) in [7, 11) is 0. The number of aryl methyl sites for hydroxylation is 1. The van der Waals surface area contributed by atoms with E-state index in [1.54, 1.807) is 11.1 Å². The van der Waals surface area contributed by atoms with Gasteiger partial charge in [0.2, 0.25) is 0 Å². The second-order valence-corrected chi connectivity index (χ2v) is 6.04. The zero-order valence-corrected chi connectivity index (χ0v) is 10.8. The van der Waals surface area contributed by atoms with Crippen LogP contribution in [0.2, 0.25) is 0 Å². The van der Waals surface area contributed by atoms with Gasteiger partial charge in [0.15, 0.2) is 0 Å². The lowest BCUT2D eigenvalue weighted by Gasteiger charge is -2.48. The van der Waals surface area contributed by atoms with Crippen LogP contribution in [0.25, 0.3) is 0 Å². The Bertz CT molecular complexity index is 418. The Morgan fingerprint density at radius 2 is 2.12 bits per heavy atom. The summed E-state index contributed by atoms with van der Waals surface area (Å²) in [6.07, 6.45) is 8.17. The highest BCUT2D eigenvalue weighted by molar-refractivity contribution is 5.43. The first kappa shape index (κ1) is 11.3. The van der Waals surface area contributed by atoms with Crippen molar-refractivity contribution in [1.29, 1.82) is 0 Å². The lowest BCUT2D eigenvalue weighted by molar-refractivity contribution is 0.197. The summed E-state index contributed by atoms with van der Waals surface area (Å²) in [5, 5.41) is 0. The Labute approximate surface area is 104 Å². The third-order valence-corrected chi connectivity index (χ3v) is 5.02. The third-order valence-electron chi connectivity index (χ3n) is 5.02. The van der Waals surface area contributed by atoms with E-state index in [2.05, 4.69) is 25.1 Å². The summed E-state index contributed by atoms with van der Waals surface area (Å²) in [6.45, 7) is 3.03. The third kappa shape index (κ3) is 1.72. The predicted molar refractivity (Wildman–Crippen MR) is 72.4 cm³/mol. The van der Waals surface area contributed by atoms with Gasteiger partial charge in [-0.25, -0.2) is 0 Å². The molecule has 1 saturated carbocycles. The quantitative estimate of drug-likeness (QED) is 0.823. The highest BCUT2D eigenvalue weighted by atomic mass is 14.5. The average Bonchev–Trinajstić information content (AvgIpc) is 2.28. The number of fused-ring (bicyclic) bond motifs is 2. The van der Waals surface area contributed by atoms with Gasteiger partial charge < -0.3 is 5.73 Å². The number of nitrogens with two attached hydrogens (primary N) is 1. The highest BCUT2D eigenvalue weighted by Crippen LogP contribution is 2.54. The number of rotatable bonds is 2.